The van der Waals surface area contributed by atoms with Gasteiger partial charge >= 0.3 is 0 Å². The molecule has 0 bridgehead atoms. The Morgan fingerprint density at radius 1 is 1.75 bits per heavy atom. The predicted octanol–water partition coefficient (Wildman–Crippen LogP) is 1.19. The summed E-state index contributed by atoms with van der Waals surface area (Å²) in [4.78, 5) is 0. The maximum atomic E-state index is 4.02. The lowest BCUT2D eigenvalue weighted by Crippen LogP contribution is -2.10. The zero-order valence-electron chi connectivity index (χ0n) is 4.03. The van der Waals surface area contributed by atoms with Gasteiger partial charge in [0.2, 0.25) is 0 Å². The van der Waals surface area contributed by atoms with Gasteiger partial charge < -0.3 is 11.6 Å². The van der Waals surface area contributed by atoms with E-state index < -0.39 is 0 Å². The molecule has 0 saturated heterocycles. The third-order valence-corrected chi connectivity index (χ3v) is 1.80. The SMILES string of the molecule is N.SC1=CNN(S)S1. The first-order valence-electron chi connectivity index (χ1n) is 1.61. The van der Waals surface area contributed by atoms with Crippen molar-refractivity contribution in [2.45, 2.75) is 0 Å². The molecule has 4 N–H and O–H groups in total. The molecule has 1 rings (SSSR count). The van der Waals surface area contributed by atoms with E-state index >= 15 is 0 Å². The average Bonchev–Trinajstić information content (AvgIpc) is 1.87. The van der Waals surface area contributed by atoms with Crippen molar-refractivity contribution in [1.29, 1.82) is 0 Å². The number of rotatable bonds is 0. The van der Waals surface area contributed by atoms with Crippen LogP contribution in [0, 0.1) is 0 Å². The zero-order valence-corrected chi connectivity index (χ0v) is 6.64. The lowest BCUT2D eigenvalue weighted by atomic mass is 11.1. The number of hydrazine groups is 1. The molecule has 0 fully saturated rings. The fraction of sp³-hybridized carbons (Fsp3) is 0. The van der Waals surface area contributed by atoms with E-state index in [0.29, 0.717) is 0 Å². The van der Waals surface area contributed by atoms with E-state index in [9.17, 15) is 0 Å². The van der Waals surface area contributed by atoms with Crippen LogP contribution in [0.1, 0.15) is 0 Å². The predicted molar refractivity (Wildman–Crippen MR) is 43.6 cm³/mol. The summed E-state index contributed by atoms with van der Waals surface area (Å²) in [6.45, 7) is 0. The highest BCUT2D eigenvalue weighted by Gasteiger charge is 2.05. The summed E-state index contributed by atoms with van der Waals surface area (Å²) in [5.41, 5.74) is 2.79. The topological polar surface area (TPSA) is 50.3 Å². The fourth-order valence-electron chi connectivity index (χ4n) is 0.252. The van der Waals surface area contributed by atoms with Crippen LogP contribution in [0.2, 0.25) is 0 Å². The van der Waals surface area contributed by atoms with Crippen LogP contribution >= 0.6 is 37.4 Å². The van der Waals surface area contributed by atoms with Gasteiger partial charge in [0.1, 0.15) is 0 Å². The molecule has 1 aliphatic rings. The standard InChI is InChI=1S/C2H4N2S3.H3N/c5-2-1-3-4(6)7-2;/h1,3,5-6H;1H3. The molecule has 0 unspecified atom stereocenters. The van der Waals surface area contributed by atoms with Crippen molar-refractivity contribution in [1.82, 2.24) is 15.4 Å². The van der Waals surface area contributed by atoms with Crippen molar-refractivity contribution < 1.29 is 0 Å². The fourth-order valence-corrected chi connectivity index (χ4v) is 1.46. The van der Waals surface area contributed by atoms with E-state index in [4.69, 9.17) is 0 Å². The molecule has 0 atom stereocenters. The van der Waals surface area contributed by atoms with E-state index in [1.54, 1.807) is 10.0 Å². The molecule has 0 saturated carbocycles. The molecule has 0 aliphatic carbocycles. The van der Waals surface area contributed by atoms with Crippen LogP contribution in [0.25, 0.3) is 0 Å². The number of nitrogens with zero attached hydrogens (tertiary/aromatic N) is 1. The highest BCUT2D eigenvalue weighted by atomic mass is 32.2. The Hall–Kier alpha value is 0.510. The molecule has 0 spiro atoms. The number of hydrogen-bond donors (Lipinski definition) is 4. The Labute approximate surface area is 63.5 Å². The van der Waals surface area contributed by atoms with Crippen molar-refractivity contribution in [3.05, 3.63) is 10.4 Å². The first-order chi connectivity index (χ1) is 3.29. The van der Waals surface area contributed by atoms with Crippen molar-refractivity contribution in [2.75, 3.05) is 0 Å². The first-order valence-corrected chi connectivity index (χ1v) is 3.23. The summed E-state index contributed by atoms with van der Waals surface area (Å²) in [5, 5.41) is 0. The summed E-state index contributed by atoms with van der Waals surface area (Å²) >= 11 is 9.39. The second-order valence-electron chi connectivity index (χ2n) is 0.976. The van der Waals surface area contributed by atoms with Crippen LogP contribution in [0.5, 0.6) is 0 Å². The normalized spacial score (nSPS) is 19.0. The Morgan fingerprint density at radius 3 is 2.50 bits per heavy atom. The molecular formula is C2H7N3S3. The van der Waals surface area contributed by atoms with Crippen molar-refractivity contribution in [3.8, 4) is 0 Å². The van der Waals surface area contributed by atoms with Crippen molar-refractivity contribution >= 4 is 37.4 Å². The van der Waals surface area contributed by atoms with Gasteiger partial charge in [-0.2, -0.15) is 0 Å². The average molecular weight is 169 g/mol. The minimum absolute atomic E-state index is 0. The van der Waals surface area contributed by atoms with Crippen LogP contribution in [0.4, 0.5) is 0 Å². The Kier molecular flexibility index (Phi) is 3.74. The molecule has 0 aromatic carbocycles. The summed E-state index contributed by atoms with van der Waals surface area (Å²) in [5.74, 6) is 0. The molecule has 6 heteroatoms. The maximum Gasteiger partial charge on any atom is 0.0726 e. The molecule has 48 valence electrons. The maximum absolute atomic E-state index is 4.02. The molecule has 0 aromatic rings. The van der Waals surface area contributed by atoms with Crippen LogP contribution < -0.4 is 11.6 Å². The van der Waals surface area contributed by atoms with Gasteiger partial charge in [0, 0.05) is 6.20 Å². The highest BCUT2D eigenvalue weighted by Crippen LogP contribution is 2.27. The second kappa shape index (κ2) is 3.52. The van der Waals surface area contributed by atoms with Crippen LogP contribution in [-0.2, 0) is 0 Å². The minimum atomic E-state index is 0. The number of nitrogens with one attached hydrogen (secondary N) is 1. The summed E-state index contributed by atoms with van der Waals surface area (Å²) < 4.78 is 2.50. The van der Waals surface area contributed by atoms with E-state index in [2.05, 4.69) is 30.9 Å². The molecule has 8 heavy (non-hydrogen) atoms. The minimum Gasteiger partial charge on any atom is -0.344 e. The molecule has 1 aliphatic heterocycles. The molecule has 0 aromatic heterocycles. The van der Waals surface area contributed by atoms with Gasteiger partial charge in [-0.05, 0) is 11.9 Å². The van der Waals surface area contributed by atoms with Gasteiger partial charge in [-0.15, -0.1) is 16.4 Å². The molecular weight excluding hydrogens is 162 g/mol. The molecule has 0 amide bonds. The van der Waals surface area contributed by atoms with Crippen molar-refractivity contribution in [3.63, 3.8) is 0 Å². The molecule has 0 radical (unpaired) electrons. The first kappa shape index (κ1) is 8.51. The smallest absolute Gasteiger partial charge is 0.0726 e. The Balaban J connectivity index is 0.000000490. The van der Waals surface area contributed by atoms with E-state index in [0.717, 1.165) is 4.24 Å². The van der Waals surface area contributed by atoms with E-state index in [1.807, 2.05) is 0 Å². The van der Waals surface area contributed by atoms with Crippen molar-refractivity contribution in [2.24, 2.45) is 0 Å². The van der Waals surface area contributed by atoms with E-state index in [1.165, 1.54) is 11.9 Å². The Morgan fingerprint density at radius 2 is 2.38 bits per heavy atom. The zero-order chi connectivity index (χ0) is 5.28. The summed E-state index contributed by atoms with van der Waals surface area (Å²) in [6.07, 6.45) is 1.76. The van der Waals surface area contributed by atoms with Gasteiger partial charge in [-0.25, -0.2) is 0 Å². The lowest BCUT2D eigenvalue weighted by molar-refractivity contribution is 0.675. The lowest BCUT2D eigenvalue weighted by Gasteiger charge is -2.01. The van der Waals surface area contributed by atoms with Gasteiger partial charge in [0.05, 0.1) is 4.24 Å². The van der Waals surface area contributed by atoms with Gasteiger partial charge in [0.15, 0.2) is 0 Å². The van der Waals surface area contributed by atoms with Crippen LogP contribution in [0.15, 0.2) is 10.4 Å². The largest absolute Gasteiger partial charge is 0.344 e. The quantitative estimate of drug-likeness (QED) is 0.325. The molecule has 1 heterocycles. The second-order valence-corrected chi connectivity index (χ2v) is 3.42. The van der Waals surface area contributed by atoms with Crippen LogP contribution in [-0.4, -0.2) is 3.82 Å². The third kappa shape index (κ3) is 2.19. The van der Waals surface area contributed by atoms with E-state index in [-0.39, 0.29) is 6.15 Å². The van der Waals surface area contributed by atoms with Gasteiger partial charge in [0.25, 0.3) is 0 Å². The highest BCUT2D eigenvalue weighted by molar-refractivity contribution is 8.18. The van der Waals surface area contributed by atoms with Gasteiger partial charge in [-0.1, -0.05) is 12.8 Å². The monoisotopic (exact) mass is 169 g/mol. The number of hydrogen-bond acceptors (Lipinski definition) is 6. The molecule has 3 nitrogen and oxygen atoms in total. The summed E-state index contributed by atoms with van der Waals surface area (Å²) in [6, 6.07) is 0. The Bertz CT molecular complexity index is 103. The van der Waals surface area contributed by atoms with Crippen LogP contribution in [0.3, 0.4) is 0 Å². The third-order valence-electron chi connectivity index (χ3n) is 0.478. The summed E-state index contributed by atoms with van der Waals surface area (Å²) in [7, 11) is 0. The van der Waals surface area contributed by atoms with Gasteiger partial charge in [-0.3, -0.25) is 0 Å². The number of thiol groups is 2.